The zero-order valence-corrected chi connectivity index (χ0v) is 21.1. The van der Waals surface area contributed by atoms with Crippen LogP contribution in [0.25, 0.3) is 0 Å². The van der Waals surface area contributed by atoms with E-state index in [2.05, 4.69) is 36.6 Å². The molecule has 0 unspecified atom stereocenters. The molecular weight excluding hydrogens is 380 g/mol. The van der Waals surface area contributed by atoms with Crippen molar-refractivity contribution in [3.8, 4) is 0 Å². The van der Waals surface area contributed by atoms with Crippen LogP contribution in [0, 0.1) is 20.8 Å². The van der Waals surface area contributed by atoms with E-state index in [0.29, 0.717) is 0 Å². The van der Waals surface area contributed by atoms with Crippen molar-refractivity contribution >= 4 is 11.7 Å². The molecule has 0 saturated carbocycles. The fourth-order valence-corrected chi connectivity index (χ4v) is 4.41. The van der Waals surface area contributed by atoms with Crippen molar-refractivity contribution in [2.75, 3.05) is 11.9 Å². The summed E-state index contributed by atoms with van der Waals surface area (Å²) in [6.07, 6.45) is 21.9. The molecule has 1 rings (SSSR count). The van der Waals surface area contributed by atoms with Crippen molar-refractivity contribution in [1.82, 2.24) is 5.32 Å². The molecule has 0 spiro atoms. The van der Waals surface area contributed by atoms with E-state index in [-0.39, 0.29) is 6.03 Å². The normalized spacial score (nSPS) is 11.0. The summed E-state index contributed by atoms with van der Waals surface area (Å²) in [5.74, 6) is 0. The van der Waals surface area contributed by atoms with Crippen molar-refractivity contribution in [3.05, 3.63) is 28.8 Å². The highest BCUT2D eigenvalue weighted by Gasteiger charge is 2.07. The largest absolute Gasteiger partial charge is 0.338 e. The van der Waals surface area contributed by atoms with E-state index in [4.69, 9.17) is 0 Å². The summed E-state index contributed by atoms with van der Waals surface area (Å²) in [7, 11) is 0. The van der Waals surface area contributed by atoms with E-state index in [1.54, 1.807) is 0 Å². The highest BCUT2D eigenvalue weighted by atomic mass is 16.2. The van der Waals surface area contributed by atoms with Gasteiger partial charge in [-0.2, -0.15) is 0 Å². The van der Waals surface area contributed by atoms with Crippen LogP contribution in [0.15, 0.2) is 12.1 Å². The molecule has 178 valence electrons. The quantitative estimate of drug-likeness (QED) is 0.224. The Balaban J connectivity index is 1.88. The molecule has 0 radical (unpaired) electrons. The van der Waals surface area contributed by atoms with Gasteiger partial charge in [0.1, 0.15) is 0 Å². The first-order valence-corrected chi connectivity index (χ1v) is 13.2. The molecule has 2 N–H and O–H groups in total. The van der Waals surface area contributed by atoms with Gasteiger partial charge in [-0.15, -0.1) is 0 Å². The molecule has 0 aromatic heterocycles. The molecule has 0 saturated heterocycles. The molecule has 1 aromatic carbocycles. The van der Waals surface area contributed by atoms with Crippen LogP contribution in [0.4, 0.5) is 10.5 Å². The standard InChI is InChI=1S/C28H50N2O/c1-5-6-7-8-9-10-11-12-13-14-15-16-17-18-19-20-21-29-28(31)30-27-25(3)22-24(2)23-26(27)4/h22-23H,5-21H2,1-4H3,(H2,29,30,31). The third-order valence-corrected chi connectivity index (χ3v) is 6.23. The van der Waals surface area contributed by atoms with Crippen molar-refractivity contribution < 1.29 is 4.79 Å². The number of hydrogen-bond acceptors (Lipinski definition) is 1. The molecule has 31 heavy (non-hydrogen) atoms. The summed E-state index contributed by atoms with van der Waals surface area (Å²) in [5, 5.41) is 6.01. The number of carbonyl (C=O) groups is 1. The van der Waals surface area contributed by atoms with Gasteiger partial charge in [-0.3, -0.25) is 0 Å². The predicted octanol–water partition coefficient (Wildman–Crippen LogP) is 8.99. The average Bonchev–Trinajstić information content (AvgIpc) is 2.73. The van der Waals surface area contributed by atoms with E-state index in [9.17, 15) is 4.79 Å². The summed E-state index contributed by atoms with van der Waals surface area (Å²) < 4.78 is 0. The van der Waals surface area contributed by atoms with Crippen molar-refractivity contribution in [2.45, 2.75) is 130 Å². The van der Waals surface area contributed by atoms with Crippen LogP contribution in [0.2, 0.25) is 0 Å². The molecule has 3 nitrogen and oxygen atoms in total. The molecule has 2 amide bonds. The van der Waals surface area contributed by atoms with E-state index < -0.39 is 0 Å². The second kappa shape index (κ2) is 18.1. The van der Waals surface area contributed by atoms with Crippen molar-refractivity contribution in [3.63, 3.8) is 0 Å². The Morgan fingerprint density at radius 2 is 1.03 bits per heavy atom. The van der Waals surface area contributed by atoms with E-state index in [1.165, 1.54) is 102 Å². The number of unbranched alkanes of at least 4 members (excludes halogenated alkanes) is 15. The lowest BCUT2D eigenvalue weighted by atomic mass is 10.0. The van der Waals surface area contributed by atoms with Gasteiger partial charge in [0.25, 0.3) is 0 Å². The number of aryl methyl sites for hydroxylation is 3. The molecule has 0 aliphatic heterocycles. The lowest BCUT2D eigenvalue weighted by molar-refractivity contribution is 0.252. The molecule has 0 aliphatic carbocycles. The molecule has 0 aliphatic rings. The van der Waals surface area contributed by atoms with Gasteiger partial charge >= 0.3 is 6.03 Å². The van der Waals surface area contributed by atoms with Crippen LogP contribution in [0.3, 0.4) is 0 Å². The molecule has 0 atom stereocenters. The van der Waals surface area contributed by atoms with Crippen molar-refractivity contribution in [1.29, 1.82) is 0 Å². The Kier molecular flexibility index (Phi) is 16.1. The minimum atomic E-state index is -0.0870. The number of carbonyl (C=O) groups excluding carboxylic acids is 1. The summed E-state index contributed by atoms with van der Waals surface area (Å²) in [5.41, 5.74) is 4.41. The maximum absolute atomic E-state index is 12.1. The maximum Gasteiger partial charge on any atom is 0.319 e. The van der Waals surface area contributed by atoms with Gasteiger partial charge in [-0.25, -0.2) is 4.79 Å². The maximum atomic E-state index is 12.1. The molecular formula is C28H50N2O. The Morgan fingerprint density at radius 3 is 1.45 bits per heavy atom. The fraction of sp³-hybridized carbons (Fsp3) is 0.750. The zero-order valence-electron chi connectivity index (χ0n) is 21.1. The van der Waals surface area contributed by atoms with E-state index in [1.807, 2.05) is 13.8 Å². The number of anilines is 1. The Hall–Kier alpha value is -1.51. The monoisotopic (exact) mass is 430 g/mol. The van der Waals surface area contributed by atoms with Crippen LogP contribution in [-0.4, -0.2) is 12.6 Å². The van der Waals surface area contributed by atoms with Gasteiger partial charge in [0.15, 0.2) is 0 Å². The minimum absolute atomic E-state index is 0.0870. The highest BCUT2D eigenvalue weighted by Crippen LogP contribution is 2.21. The second-order valence-electron chi connectivity index (χ2n) is 9.46. The lowest BCUT2D eigenvalue weighted by Crippen LogP contribution is -2.30. The predicted molar refractivity (Wildman–Crippen MR) is 137 cm³/mol. The van der Waals surface area contributed by atoms with Gasteiger partial charge in [0.2, 0.25) is 0 Å². The zero-order chi connectivity index (χ0) is 22.7. The Labute approximate surface area is 193 Å². The van der Waals surface area contributed by atoms with Gasteiger partial charge in [0.05, 0.1) is 0 Å². The summed E-state index contributed by atoms with van der Waals surface area (Å²) in [6, 6.07) is 4.13. The van der Waals surface area contributed by atoms with E-state index in [0.717, 1.165) is 29.8 Å². The number of hydrogen-bond donors (Lipinski definition) is 2. The highest BCUT2D eigenvalue weighted by molar-refractivity contribution is 5.91. The topological polar surface area (TPSA) is 41.1 Å². The van der Waals surface area contributed by atoms with Crippen LogP contribution < -0.4 is 10.6 Å². The van der Waals surface area contributed by atoms with E-state index >= 15 is 0 Å². The van der Waals surface area contributed by atoms with Crippen LogP contribution in [0.5, 0.6) is 0 Å². The van der Waals surface area contributed by atoms with Gasteiger partial charge in [0, 0.05) is 12.2 Å². The van der Waals surface area contributed by atoms with Gasteiger partial charge in [-0.1, -0.05) is 121 Å². The SMILES string of the molecule is CCCCCCCCCCCCCCCCCCNC(=O)Nc1c(C)cc(C)cc1C. The van der Waals surface area contributed by atoms with Gasteiger partial charge < -0.3 is 10.6 Å². The first-order chi connectivity index (χ1) is 15.0. The number of rotatable bonds is 18. The fourth-order valence-electron chi connectivity index (χ4n) is 4.41. The molecule has 0 heterocycles. The van der Waals surface area contributed by atoms with Crippen molar-refractivity contribution in [2.24, 2.45) is 0 Å². The third-order valence-electron chi connectivity index (χ3n) is 6.23. The third kappa shape index (κ3) is 14.2. The van der Waals surface area contributed by atoms with Gasteiger partial charge in [-0.05, 0) is 38.3 Å². The second-order valence-corrected chi connectivity index (χ2v) is 9.46. The number of benzene rings is 1. The summed E-state index contributed by atoms with van der Waals surface area (Å²) in [4.78, 5) is 12.1. The molecule has 0 fully saturated rings. The summed E-state index contributed by atoms with van der Waals surface area (Å²) in [6.45, 7) is 9.22. The number of urea groups is 1. The first-order valence-electron chi connectivity index (χ1n) is 13.2. The number of amides is 2. The molecule has 0 bridgehead atoms. The van der Waals surface area contributed by atoms with Crippen LogP contribution in [0.1, 0.15) is 126 Å². The average molecular weight is 431 g/mol. The Bertz CT molecular complexity index is 574. The lowest BCUT2D eigenvalue weighted by Gasteiger charge is -2.13. The summed E-state index contributed by atoms with van der Waals surface area (Å²) >= 11 is 0. The smallest absolute Gasteiger partial charge is 0.319 e. The Morgan fingerprint density at radius 1 is 0.645 bits per heavy atom. The number of nitrogens with one attached hydrogen (secondary N) is 2. The molecule has 3 heteroatoms. The van der Waals surface area contributed by atoms with Crippen LogP contribution >= 0.6 is 0 Å². The molecule has 1 aromatic rings. The van der Waals surface area contributed by atoms with Crippen LogP contribution in [-0.2, 0) is 0 Å². The first kappa shape index (κ1) is 27.5. The minimum Gasteiger partial charge on any atom is -0.338 e.